The number of ether oxygens (including phenoxy) is 2. The summed E-state index contributed by atoms with van der Waals surface area (Å²) < 4.78 is 13.1. The first-order valence-electron chi connectivity index (χ1n) is 9.73. The largest absolute Gasteiger partial charge is 0.486 e. The van der Waals surface area contributed by atoms with Crippen LogP contribution in [0.15, 0.2) is 30.5 Å². The van der Waals surface area contributed by atoms with Crippen LogP contribution in [0.5, 0.6) is 11.5 Å². The van der Waals surface area contributed by atoms with Crippen molar-refractivity contribution in [1.82, 2.24) is 14.6 Å². The van der Waals surface area contributed by atoms with Crippen LogP contribution in [0.2, 0.25) is 0 Å². The van der Waals surface area contributed by atoms with Gasteiger partial charge in [-0.2, -0.15) is 9.61 Å². The Morgan fingerprint density at radius 1 is 1.24 bits per heavy atom. The molecule has 3 heterocycles. The number of nitrogens with one attached hydrogen (secondary N) is 3. The van der Waals surface area contributed by atoms with Crippen LogP contribution in [0, 0.1) is 5.92 Å². The highest BCUT2D eigenvalue weighted by molar-refractivity contribution is 5.94. The minimum Gasteiger partial charge on any atom is -0.486 e. The molecule has 0 unspecified atom stereocenters. The number of rotatable bonds is 6. The van der Waals surface area contributed by atoms with E-state index in [1.165, 1.54) is 0 Å². The molecule has 0 saturated heterocycles. The van der Waals surface area contributed by atoms with Gasteiger partial charge in [-0.3, -0.25) is 4.79 Å². The Kier molecular flexibility index (Phi) is 4.34. The number of carbonyl (C=O) groups excluding carboxylic acids is 1. The molecule has 1 fully saturated rings. The third-order valence-electron chi connectivity index (χ3n) is 5.00. The van der Waals surface area contributed by atoms with Crippen molar-refractivity contribution in [3.05, 3.63) is 30.5 Å². The molecular weight excluding hydrogens is 372 g/mol. The normalized spacial score (nSPS) is 15.2. The second-order valence-electron chi connectivity index (χ2n) is 7.22. The molecule has 5 rings (SSSR count). The maximum atomic E-state index is 12.3. The van der Waals surface area contributed by atoms with Crippen molar-refractivity contribution in [1.29, 1.82) is 0 Å². The van der Waals surface area contributed by atoms with Crippen LogP contribution in [0.3, 0.4) is 0 Å². The van der Waals surface area contributed by atoms with E-state index in [0.717, 1.165) is 24.3 Å². The summed E-state index contributed by atoms with van der Waals surface area (Å²) in [6.07, 6.45) is 4.43. The molecule has 1 saturated carbocycles. The van der Waals surface area contributed by atoms with Crippen molar-refractivity contribution in [2.75, 3.05) is 36.2 Å². The van der Waals surface area contributed by atoms with Crippen molar-refractivity contribution in [3.8, 4) is 11.5 Å². The topological polar surface area (TPSA) is 102 Å². The Labute approximate surface area is 167 Å². The predicted molar refractivity (Wildman–Crippen MR) is 109 cm³/mol. The van der Waals surface area contributed by atoms with Gasteiger partial charge >= 0.3 is 0 Å². The van der Waals surface area contributed by atoms with Crippen LogP contribution in [-0.4, -0.2) is 40.8 Å². The Morgan fingerprint density at radius 2 is 2.10 bits per heavy atom. The third-order valence-corrected chi connectivity index (χ3v) is 5.00. The van der Waals surface area contributed by atoms with Gasteiger partial charge < -0.3 is 25.4 Å². The molecule has 9 nitrogen and oxygen atoms in total. The van der Waals surface area contributed by atoms with Crippen LogP contribution in [0.4, 0.5) is 23.0 Å². The van der Waals surface area contributed by atoms with Gasteiger partial charge in [0.2, 0.25) is 5.91 Å². The minimum absolute atomic E-state index is 0.00347. The second kappa shape index (κ2) is 7.16. The number of hydrogen-bond acceptors (Lipinski definition) is 7. The average Bonchev–Trinajstić information content (AvgIpc) is 3.46. The number of nitrogens with zero attached hydrogens (tertiary/aromatic N) is 3. The summed E-state index contributed by atoms with van der Waals surface area (Å²) in [7, 11) is 1.81. The van der Waals surface area contributed by atoms with E-state index in [0.29, 0.717) is 54.2 Å². The first kappa shape index (κ1) is 17.6. The Bertz CT molecular complexity index is 1080. The molecular formula is C20H22N6O3. The molecule has 1 aromatic carbocycles. The second-order valence-corrected chi connectivity index (χ2v) is 7.22. The van der Waals surface area contributed by atoms with Gasteiger partial charge in [-0.25, -0.2) is 4.98 Å². The molecule has 0 radical (unpaired) electrons. The highest BCUT2D eigenvalue weighted by Crippen LogP contribution is 2.39. The summed E-state index contributed by atoms with van der Waals surface area (Å²) >= 11 is 0. The van der Waals surface area contributed by atoms with E-state index in [1.807, 2.05) is 31.3 Å². The zero-order valence-corrected chi connectivity index (χ0v) is 16.1. The average molecular weight is 394 g/mol. The van der Waals surface area contributed by atoms with Crippen molar-refractivity contribution in [3.63, 3.8) is 0 Å². The first-order valence-corrected chi connectivity index (χ1v) is 9.73. The molecule has 3 aromatic rings. The van der Waals surface area contributed by atoms with Crippen LogP contribution in [-0.2, 0) is 4.79 Å². The van der Waals surface area contributed by atoms with Gasteiger partial charge in [0.05, 0.1) is 11.9 Å². The first-order chi connectivity index (χ1) is 14.2. The quantitative estimate of drug-likeness (QED) is 0.591. The van der Waals surface area contributed by atoms with E-state index in [2.05, 4.69) is 26.0 Å². The lowest BCUT2D eigenvalue weighted by molar-refractivity contribution is -0.116. The molecule has 2 aliphatic rings. The van der Waals surface area contributed by atoms with E-state index in [9.17, 15) is 4.79 Å². The highest BCUT2D eigenvalue weighted by Gasteiger charge is 2.25. The SMILES string of the molecule is CNc1cc(Nc2cccc3c2OCCO3)nc2c(NC(=O)CC3CC3)cnn12. The van der Waals surface area contributed by atoms with Crippen LogP contribution in [0.25, 0.3) is 5.65 Å². The lowest BCUT2D eigenvalue weighted by atomic mass is 10.2. The lowest BCUT2D eigenvalue weighted by Crippen LogP contribution is -2.16. The van der Waals surface area contributed by atoms with Crippen LogP contribution >= 0.6 is 0 Å². The van der Waals surface area contributed by atoms with Gasteiger partial charge in [0.1, 0.15) is 30.5 Å². The molecule has 1 aliphatic carbocycles. The maximum absolute atomic E-state index is 12.3. The van der Waals surface area contributed by atoms with E-state index in [4.69, 9.17) is 9.47 Å². The van der Waals surface area contributed by atoms with Crippen molar-refractivity contribution in [2.24, 2.45) is 5.92 Å². The number of benzene rings is 1. The number of para-hydroxylation sites is 1. The Hall–Kier alpha value is -3.49. The number of aromatic nitrogens is 3. The summed E-state index contributed by atoms with van der Waals surface area (Å²) in [5.41, 5.74) is 1.91. The van der Waals surface area contributed by atoms with Gasteiger partial charge in [-0.1, -0.05) is 6.07 Å². The zero-order valence-electron chi connectivity index (χ0n) is 16.1. The molecule has 9 heteroatoms. The monoisotopic (exact) mass is 394 g/mol. The van der Waals surface area contributed by atoms with Gasteiger partial charge in [-0.15, -0.1) is 0 Å². The Morgan fingerprint density at radius 3 is 2.93 bits per heavy atom. The van der Waals surface area contributed by atoms with Crippen molar-refractivity contribution < 1.29 is 14.3 Å². The molecule has 2 aromatic heterocycles. The maximum Gasteiger partial charge on any atom is 0.224 e. The van der Waals surface area contributed by atoms with E-state index >= 15 is 0 Å². The molecule has 150 valence electrons. The number of fused-ring (bicyclic) bond motifs is 2. The summed E-state index contributed by atoms with van der Waals surface area (Å²) in [6, 6.07) is 7.53. The summed E-state index contributed by atoms with van der Waals surface area (Å²) in [5, 5.41) is 13.7. The molecule has 29 heavy (non-hydrogen) atoms. The number of hydrogen-bond donors (Lipinski definition) is 3. The lowest BCUT2D eigenvalue weighted by Gasteiger charge is -2.21. The fraction of sp³-hybridized carbons (Fsp3) is 0.350. The van der Waals surface area contributed by atoms with E-state index in [1.54, 1.807) is 10.7 Å². The standard InChI is InChI=1S/C20H22N6O3/c1-21-17-10-16(23-13-3-2-4-15-19(13)29-8-7-28-15)25-20-14(11-22-26(17)20)24-18(27)9-12-5-6-12/h2-4,10-12,21H,5-9H2,1H3,(H,23,25)(H,24,27). The molecule has 0 atom stereocenters. The molecule has 3 N–H and O–H groups in total. The zero-order chi connectivity index (χ0) is 19.8. The summed E-state index contributed by atoms with van der Waals surface area (Å²) in [4.78, 5) is 16.9. The smallest absolute Gasteiger partial charge is 0.224 e. The number of anilines is 4. The van der Waals surface area contributed by atoms with Crippen LogP contribution in [0.1, 0.15) is 19.3 Å². The summed E-state index contributed by atoms with van der Waals surface area (Å²) in [5.74, 6) is 3.22. The number of carbonyl (C=O) groups is 1. The van der Waals surface area contributed by atoms with Gasteiger partial charge in [0, 0.05) is 19.5 Å². The predicted octanol–water partition coefficient (Wildman–Crippen LogP) is 3.02. The van der Waals surface area contributed by atoms with Gasteiger partial charge in [-0.05, 0) is 30.9 Å². The highest BCUT2D eigenvalue weighted by atomic mass is 16.6. The Balaban J connectivity index is 1.47. The van der Waals surface area contributed by atoms with E-state index in [-0.39, 0.29) is 5.91 Å². The fourth-order valence-corrected chi connectivity index (χ4v) is 3.39. The van der Waals surface area contributed by atoms with E-state index < -0.39 is 0 Å². The minimum atomic E-state index is -0.00347. The molecule has 0 bridgehead atoms. The van der Waals surface area contributed by atoms with Gasteiger partial charge in [0.15, 0.2) is 17.1 Å². The number of amides is 1. The van der Waals surface area contributed by atoms with Gasteiger partial charge in [0.25, 0.3) is 0 Å². The molecule has 0 spiro atoms. The third kappa shape index (κ3) is 3.51. The summed E-state index contributed by atoms with van der Waals surface area (Å²) in [6.45, 7) is 1.03. The molecule has 1 amide bonds. The van der Waals surface area contributed by atoms with Crippen molar-refractivity contribution >= 4 is 34.6 Å². The van der Waals surface area contributed by atoms with Crippen LogP contribution < -0.4 is 25.4 Å². The van der Waals surface area contributed by atoms with Crippen molar-refractivity contribution in [2.45, 2.75) is 19.3 Å². The fourth-order valence-electron chi connectivity index (χ4n) is 3.39. The molecule has 1 aliphatic heterocycles.